The quantitative estimate of drug-likeness (QED) is 0.266. The number of methoxy groups -OCH3 is 2. The van der Waals surface area contributed by atoms with Crippen molar-refractivity contribution >= 4 is 40.7 Å². The maximum absolute atomic E-state index is 13.8. The van der Waals surface area contributed by atoms with E-state index in [1.807, 2.05) is 55.5 Å². The van der Waals surface area contributed by atoms with Crippen LogP contribution < -0.4 is 24.8 Å². The molecule has 2 N–H and O–H groups in total. The topological polar surface area (TPSA) is 99.5 Å². The molecule has 0 bridgehead atoms. The fourth-order valence-electron chi connectivity index (χ4n) is 4.33. The van der Waals surface area contributed by atoms with Gasteiger partial charge in [-0.15, -0.1) is 0 Å². The molecule has 3 aromatic carbocycles. The maximum Gasteiger partial charge on any atom is 0.255 e. The van der Waals surface area contributed by atoms with Gasteiger partial charge >= 0.3 is 0 Å². The van der Waals surface area contributed by atoms with Gasteiger partial charge in [-0.25, -0.2) is 4.68 Å². The lowest BCUT2D eigenvalue weighted by Crippen LogP contribution is -2.31. The third-order valence-electron chi connectivity index (χ3n) is 6.28. The molecule has 9 nitrogen and oxygen atoms in total. The first-order chi connectivity index (χ1) is 18.9. The van der Waals surface area contributed by atoms with Gasteiger partial charge in [0.05, 0.1) is 30.5 Å². The third kappa shape index (κ3) is 5.50. The number of carbonyl (C=O) groups is 1. The Morgan fingerprint density at radius 3 is 2.44 bits per heavy atom. The smallest absolute Gasteiger partial charge is 0.255 e. The van der Waals surface area contributed by atoms with Crippen molar-refractivity contribution in [2.45, 2.75) is 19.6 Å². The van der Waals surface area contributed by atoms with Crippen LogP contribution >= 0.6 is 23.2 Å². The molecule has 1 aliphatic heterocycles. The predicted molar refractivity (Wildman–Crippen MR) is 150 cm³/mol. The van der Waals surface area contributed by atoms with Crippen molar-refractivity contribution in [1.82, 2.24) is 14.8 Å². The molecule has 39 heavy (non-hydrogen) atoms. The molecule has 1 aliphatic rings. The van der Waals surface area contributed by atoms with Gasteiger partial charge in [0.25, 0.3) is 5.91 Å². The lowest BCUT2D eigenvalue weighted by Gasteiger charge is -2.29. The summed E-state index contributed by atoms with van der Waals surface area (Å²) in [6.07, 6.45) is 1.44. The highest BCUT2D eigenvalue weighted by Gasteiger charge is 2.34. The normalized spacial score (nSPS) is 14.3. The average molecular weight is 566 g/mol. The molecule has 1 aromatic heterocycles. The molecule has 0 spiro atoms. The van der Waals surface area contributed by atoms with E-state index in [1.165, 1.54) is 20.5 Å². The Bertz CT molecular complexity index is 1530. The number of aromatic nitrogens is 3. The number of hydrogen-bond donors (Lipinski definition) is 2. The van der Waals surface area contributed by atoms with Crippen molar-refractivity contribution in [3.63, 3.8) is 0 Å². The second-order valence-electron chi connectivity index (χ2n) is 8.72. The number of ether oxygens (including phenoxy) is 3. The van der Waals surface area contributed by atoms with Crippen LogP contribution in [0.3, 0.4) is 0 Å². The van der Waals surface area contributed by atoms with Crippen molar-refractivity contribution in [2.75, 3.05) is 24.9 Å². The molecule has 5 rings (SSSR count). The van der Waals surface area contributed by atoms with Gasteiger partial charge in [0.15, 0.2) is 0 Å². The first-order valence-corrected chi connectivity index (χ1v) is 12.7. The standard InChI is InChI=1S/C28H25Cl2N5O4/c1-16-25(27(36)34-22-13-23(37-2)21(30)12-24(22)38-3)26(35-28(33-16)31-15-32-35)18-6-10-20(11-7-18)39-14-17-4-8-19(29)9-5-17/h4-13,15,26H,14H2,1-3H3,(H,34,36)(H,31,32,33)/t26-/m1/s1. The number of allylic oxidation sites excluding steroid dienone is 1. The second-order valence-corrected chi connectivity index (χ2v) is 9.56. The van der Waals surface area contributed by atoms with E-state index >= 15 is 0 Å². The number of nitrogens with one attached hydrogen (secondary N) is 2. The highest BCUT2D eigenvalue weighted by atomic mass is 35.5. The third-order valence-corrected chi connectivity index (χ3v) is 6.82. The van der Waals surface area contributed by atoms with Gasteiger partial charge in [-0.2, -0.15) is 10.1 Å². The number of halogens is 2. The van der Waals surface area contributed by atoms with E-state index in [-0.39, 0.29) is 5.91 Å². The van der Waals surface area contributed by atoms with Gasteiger partial charge in [-0.3, -0.25) is 4.79 Å². The molecule has 200 valence electrons. The Morgan fingerprint density at radius 2 is 1.74 bits per heavy atom. The van der Waals surface area contributed by atoms with E-state index in [2.05, 4.69) is 20.7 Å². The van der Waals surface area contributed by atoms with Crippen molar-refractivity contribution < 1.29 is 19.0 Å². The number of benzene rings is 3. The van der Waals surface area contributed by atoms with E-state index in [4.69, 9.17) is 37.4 Å². The van der Waals surface area contributed by atoms with Crippen molar-refractivity contribution in [1.29, 1.82) is 0 Å². The van der Waals surface area contributed by atoms with Crippen LogP contribution in [-0.2, 0) is 11.4 Å². The molecule has 1 atom stereocenters. The van der Waals surface area contributed by atoms with Crippen molar-refractivity contribution in [3.8, 4) is 17.2 Å². The summed E-state index contributed by atoms with van der Waals surface area (Å²) in [5.41, 5.74) is 3.34. The number of hydrogen-bond acceptors (Lipinski definition) is 7. The molecular weight excluding hydrogens is 541 g/mol. The van der Waals surface area contributed by atoms with Gasteiger partial charge in [0.2, 0.25) is 5.95 Å². The minimum absolute atomic E-state index is 0.350. The summed E-state index contributed by atoms with van der Waals surface area (Å²) >= 11 is 12.2. The van der Waals surface area contributed by atoms with Gasteiger partial charge < -0.3 is 24.8 Å². The molecule has 0 radical (unpaired) electrons. The Labute approximate surface area is 235 Å². The molecule has 2 heterocycles. The summed E-state index contributed by atoms with van der Waals surface area (Å²) < 4.78 is 18.4. The molecular formula is C28H25Cl2N5O4. The number of amides is 1. The predicted octanol–water partition coefficient (Wildman–Crippen LogP) is 6.11. The Morgan fingerprint density at radius 1 is 1.03 bits per heavy atom. The largest absolute Gasteiger partial charge is 0.495 e. The second kappa shape index (κ2) is 11.3. The first-order valence-electron chi connectivity index (χ1n) is 11.9. The van der Waals surface area contributed by atoms with E-state index < -0.39 is 6.04 Å². The van der Waals surface area contributed by atoms with Crippen LogP contribution in [0, 0.1) is 0 Å². The molecule has 11 heteroatoms. The van der Waals surface area contributed by atoms with Crippen molar-refractivity contribution in [3.05, 3.63) is 99.4 Å². The zero-order valence-corrected chi connectivity index (χ0v) is 22.9. The molecule has 0 saturated heterocycles. The molecule has 4 aromatic rings. The Kier molecular flexibility index (Phi) is 7.63. The van der Waals surface area contributed by atoms with Crippen LogP contribution in [0.1, 0.15) is 24.1 Å². The summed E-state index contributed by atoms with van der Waals surface area (Å²) in [5.74, 6) is 1.67. The summed E-state index contributed by atoms with van der Waals surface area (Å²) in [6, 6.07) is 17.7. The summed E-state index contributed by atoms with van der Waals surface area (Å²) in [5, 5.41) is 11.5. The van der Waals surface area contributed by atoms with E-state index in [1.54, 1.807) is 16.8 Å². The molecule has 0 fully saturated rings. The summed E-state index contributed by atoms with van der Waals surface area (Å²) in [6.45, 7) is 2.22. The van der Waals surface area contributed by atoms with Gasteiger partial charge in [0, 0.05) is 22.9 Å². The van der Waals surface area contributed by atoms with E-state index in [9.17, 15) is 4.79 Å². The minimum atomic E-state index is -0.547. The monoisotopic (exact) mass is 565 g/mol. The van der Waals surface area contributed by atoms with Crippen molar-refractivity contribution in [2.24, 2.45) is 0 Å². The number of rotatable bonds is 8. The zero-order chi connectivity index (χ0) is 27.5. The highest BCUT2D eigenvalue weighted by Crippen LogP contribution is 2.39. The number of anilines is 2. The van der Waals surface area contributed by atoms with Crippen LogP contribution in [0.5, 0.6) is 17.2 Å². The lowest BCUT2D eigenvalue weighted by atomic mass is 9.95. The Balaban J connectivity index is 1.43. The lowest BCUT2D eigenvalue weighted by molar-refractivity contribution is -0.113. The van der Waals surface area contributed by atoms with Gasteiger partial charge in [-0.1, -0.05) is 47.5 Å². The Hall–Kier alpha value is -4.21. The van der Waals surface area contributed by atoms with Gasteiger partial charge in [0.1, 0.15) is 36.2 Å². The number of nitrogens with zero attached hydrogens (tertiary/aromatic N) is 3. The zero-order valence-electron chi connectivity index (χ0n) is 21.4. The molecule has 0 unspecified atom stereocenters. The van der Waals surface area contributed by atoms with Crippen LogP contribution in [0.4, 0.5) is 11.6 Å². The average Bonchev–Trinajstić information content (AvgIpc) is 3.41. The fraction of sp³-hybridized carbons (Fsp3) is 0.179. The molecule has 1 amide bonds. The van der Waals surface area contributed by atoms with Crippen LogP contribution in [-0.4, -0.2) is 34.9 Å². The van der Waals surface area contributed by atoms with Crippen LogP contribution in [0.25, 0.3) is 0 Å². The SMILES string of the molecule is COc1cc(NC(=O)C2=C(C)Nc3ncnn3[C@@H]2c2ccc(OCc3ccc(Cl)cc3)cc2)c(OC)cc1Cl. The summed E-state index contributed by atoms with van der Waals surface area (Å²) in [7, 11) is 3.00. The minimum Gasteiger partial charge on any atom is -0.495 e. The summed E-state index contributed by atoms with van der Waals surface area (Å²) in [4.78, 5) is 18.1. The van der Waals surface area contributed by atoms with E-state index in [0.717, 1.165) is 11.1 Å². The number of fused-ring (bicyclic) bond motifs is 1. The van der Waals surface area contributed by atoms with Crippen LogP contribution in [0.15, 0.2) is 78.3 Å². The molecule has 0 aliphatic carbocycles. The van der Waals surface area contributed by atoms with E-state index in [0.29, 0.717) is 56.8 Å². The first kappa shape index (κ1) is 26.4. The van der Waals surface area contributed by atoms with Gasteiger partial charge in [-0.05, 0) is 42.3 Å². The molecule has 0 saturated carbocycles. The fourth-order valence-corrected chi connectivity index (χ4v) is 4.69. The maximum atomic E-state index is 13.8. The number of carbonyl (C=O) groups excluding carboxylic acids is 1. The van der Waals surface area contributed by atoms with Crippen LogP contribution in [0.2, 0.25) is 10.0 Å². The highest BCUT2D eigenvalue weighted by molar-refractivity contribution is 6.32.